The second-order valence-electron chi connectivity index (χ2n) is 3.56. The summed E-state index contributed by atoms with van der Waals surface area (Å²) in [5.74, 6) is 1.62. The molecule has 0 atom stereocenters. The van der Waals surface area contributed by atoms with E-state index in [1.807, 2.05) is 24.3 Å². The topological polar surface area (TPSA) is 37.8 Å². The minimum atomic E-state index is 0.714. The first-order valence-electron chi connectivity index (χ1n) is 5.41. The van der Waals surface area contributed by atoms with Gasteiger partial charge in [0.2, 0.25) is 0 Å². The number of rotatable bonds is 5. The number of hydrogen-bond donors (Lipinski definition) is 1. The van der Waals surface area contributed by atoms with E-state index >= 15 is 0 Å². The molecule has 1 aromatic heterocycles. The van der Waals surface area contributed by atoms with E-state index < -0.39 is 0 Å². The highest BCUT2D eigenvalue weighted by Crippen LogP contribution is 2.18. The fraction of sp³-hybridized carbons (Fsp3) is 0.333. The van der Waals surface area contributed by atoms with E-state index in [1.165, 1.54) is 0 Å². The lowest BCUT2D eigenvalue weighted by Crippen LogP contribution is -2.04. The normalized spacial score (nSPS) is 10.6. The van der Waals surface area contributed by atoms with Gasteiger partial charge < -0.3 is 5.32 Å². The van der Waals surface area contributed by atoms with Crippen molar-refractivity contribution in [2.24, 2.45) is 0 Å². The Morgan fingerprint density at radius 3 is 2.88 bits per heavy atom. The van der Waals surface area contributed by atoms with Crippen LogP contribution in [0.5, 0.6) is 0 Å². The number of benzene rings is 1. The third-order valence-corrected chi connectivity index (χ3v) is 2.66. The average molecular weight is 236 g/mol. The lowest BCUT2D eigenvalue weighted by Gasteiger charge is -2.07. The van der Waals surface area contributed by atoms with Gasteiger partial charge >= 0.3 is 0 Å². The SMILES string of the molecule is ClCCCCNc1ncnc2ccccc12. The van der Waals surface area contributed by atoms with Gasteiger partial charge in [0.1, 0.15) is 12.1 Å². The minimum Gasteiger partial charge on any atom is -0.369 e. The molecule has 0 spiro atoms. The van der Waals surface area contributed by atoms with Crippen molar-refractivity contribution < 1.29 is 0 Å². The van der Waals surface area contributed by atoms with Gasteiger partial charge in [0.05, 0.1) is 5.52 Å². The standard InChI is InChI=1S/C12H14ClN3/c13-7-3-4-8-14-12-10-5-1-2-6-11(10)15-9-16-12/h1-2,5-6,9H,3-4,7-8H2,(H,14,15,16). The summed E-state index contributed by atoms with van der Waals surface area (Å²) in [6.45, 7) is 0.897. The molecule has 0 unspecified atom stereocenters. The summed E-state index contributed by atoms with van der Waals surface area (Å²) < 4.78 is 0. The van der Waals surface area contributed by atoms with Crippen LogP contribution in [0.3, 0.4) is 0 Å². The van der Waals surface area contributed by atoms with E-state index in [1.54, 1.807) is 6.33 Å². The minimum absolute atomic E-state index is 0.714. The van der Waals surface area contributed by atoms with Crippen molar-refractivity contribution in [2.75, 3.05) is 17.7 Å². The lowest BCUT2D eigenvalue weighted by atomic mass is 10.2. The van der Waals surface area contributed by atoms with Crippen LogP contribution in [0.15, 0.2) is 30.6 Å². The highest BCUT2D eigenvalue weighted by atomic mass is 35.5. The molecule has 0 aliphatic carbocycles. The second-order valence-corrected chi connectivity index (χ2v) is 3.94. The molecule has 0 aliphatic rings. The number of nitrogens with zero attached hydrogens (tertiary/aromatic N) is 2. The molecule has 0 aliphatic heterocycles. The molecule has 0 bridgehead atoms. The number of nitrogens with one attached hydrogen (secondary N) is 1. The second kappa shape index (κ2) is 5.66. The number of aromatic nitrogens is 2. The van der Waals surface area contributed by atoms with Gasteiger partial charge in [-0.25, -0.2) is 9.97 Å². The summed E-state index contributed by atoms with van der Waals surface area (Å²) in [5, 5.41) is 4.38. The number of para-hydroxylation sites is 1. The summed E-state index contributed by atoms with van der Waals surface area (Å²) >= 11 is 5.62. The third kappa shape index (κ3) is 2.61. The van der Waals surface area contributed by atoms with Crippen molar-refractivity contribution in [3.05, 3.63) is 30.6 Å². The maximum absolute atomic E-state index is 5.62. The predicted octanol–water partition coefficient (Wildman–Crippen LogP) is 3.06. The monoisotopic (exact) mass is 235 g/mol. The van der Waals surface area contributed by atoms with Gasteiger partial charge in [-0.05, 0) is 25.0 Å². The Kier molecular flexibility index (Phi) is 3.94. The Hall–Kier alpha value is -1.35. The summed E-state index contributed by atoms with van der Waals surface area (Å²) in [6.07, 6.45) is 3.67. The molecule has 4 heteroatoms. The molecule has 2 aromatic rings. The molecule has 1 heterocycles. The van der Waals surface area contributed by atoms with Crippen molar-refractivity contribution in [1.82, 2.24) is 9.97 Å². The molecule has 0 radical (unpaired) electrons. The Labute approximate surface area is 99.9 Å². The van der Waals surface area contributed by atoms with Gasteiger partial charge in [-0.1, -0.05) is 12.1 Å². The molecule has 84 valence electrons. The van der Waals surface area contributed by atoms with Crippen LogP contribution in [-0.2, 0) is 0 Å². The molecule has 1 aromatic carbocycles. The fourth-order valence-corrected chi connectivity index (χ4v) is 1.76. The van der Waals surface area contributed by atoms with Crippen LogP contribution >= 0.6 is 11.6 Å². The molecule has 3 nitrogen and oxygen atoms in total. The van der Waals surface area contributed by atoms with Crippen LogP contribution < -0.4 is 5.32 Å². The number of fused-ring (bicyclic) bond motifs is 1. The van der Waals surface area contributed by atoms with Crippen LogP contribution in [0.4, 0.5) is 5.82 Å². The largest absolute Gasteiger partial charge is 0.369 e. The highest BCUT2D eigenvalue weighted by Gasteiger charge is 2.00. The first-order chi connectivity index (χ1) is 7.92. The quantitative estimate of drug-likeness (QED) is 0.639. The smallest absolute Gasteiger partial charge is 0.137 e. The van der Waals surface area contributed by atoms with E-state index in [0.29, 0.717) is 5.88 Å². The number of hydrogen-bond acceptors (Lipinski definition) is 3. The predicted molar refractivity (Wildman–Crippen MR) is 68.0 cm³/mol. The highest BCUT2D eigenvalue weighted by molar-refractivity contribution is 6.17. The first-order valence-corrected chi connectivity index (χ1v) is 5.95. The van der Waals surface area contributed by atoms with Gasteiger partial charge in [-0.15, -0.1) is 11.6 Å². The van der Waals surface area contributed by atoms with Crippen LogP contribution in [0.2, 0.25) is 0 Å². The molecule has 16 heavy (non-hydrogen) atoms. The molecule has 0 saturated carbocycles. The Bertz CT molecular complexity index is 453. The Morgan fingerprint density at radius 1 is 1.12 bits per heavy atom. The van der Waals surface area contributed by atoms with Crippen molar-refractivity contribution >= 4 is 28.3 Å². The van der Waals surface area contributed by atoms with E-state index in [4.69, 9.17) is 11.6 Å². The first kappa shape index (κ1) is 11.1. The van der Waals surface area contributed by atoms with E-state index in [0.717, 1.165) is 36.1 Å². The van der Waals surface area contributed by atoms with Crippen LogP contribution in [0, 0.1) is 0 Å². The zero-order valence-corrected chi connectivity index (χ0v) is 9.74. The molecule has 2 rings (SSSR count). The van der Waals surface area contributed by atoms with Gasteiger partial charge in [0.15, 0.2) is 0 Å². The zero-order valence-electron chi connectivity index (χ0n) is 8.99. The number of anilines is 1. The van der Waals surface area contributed by atoms with Crippen molar-refractivity contribution in [3.63, 3.8) is 0 Å². The van der Waals surface area contributed by atoms with Crippen LogP contribution in [0.1, 0.15) is 12.8 Å². The molecular formula is C12H14ClN3. The Balaban J connectivity index is 2.11. The van der Waals surface area contributed by atoms with Gasteiger partial charge in [-0.3, -0.25) is 0 Å². The summed E-state index contributed by atoms with van der Waals surface area (Å²) in [5.41, 5.74) is 0.970. The maximum Gasteiger partial charge on any atom is 0.137 e. The summed E-state index contributed by atoms with van der Waals surface area (Å²) in [6, 6.07) is 7.99. The molecule has 1 N–H and O–H groups in total. The van der Waals surface area contributed by atoms with Crippen LogP contribution in [0.25, 0.3) is 10.9 Å². The molecule has 0 amide bonds. The van der Waals surface area contributed by atoms with E-state index in [2.05, 4.69) is 15.3 Å². The summed E-state index contributed by atoms with van der Waals surface area (Å²) in [7, 11) is 0. The lowest BCUT2D eigenvalue weighted by molar-refractivity contribution is 0.836. The zero-order chi connectivity index (χ0) is 11.2. The van der Waals surface area contributed by atoms with Crippen molar-refractivity contribution in [2.45, 2.75) is 12.8 Å². The van der Waals surface area contributed by atoms with E-state index in [-0.39, 0.29) is 0 Å². The van der Waals surface area contributed by atoms with Crippen molar-refractivity contribution in [1.29, 1.82) is 0 Å². The molecule has 0 fully saturated rings. The number of halogens is 1. The molecular weight excluding hydrogens is 222 g/mol. The van der Waals surface area contributed by atoms with E-state index in [9.17, 15) is 0 Å². The van der Waals surface area contributed by atoms with Gasteiger partial charge in [-0.2, -0.15) is 0 Å². The molecule has 0 saturated heterocycles. The van der Waals surface area contributed by atoms with Gasteiger partial charge in [0.25, 0.3) is 0 Å². The van der Waals surface area contributed by atoms with Gasteiger partial charge in [0, 0.05) is 17.8 Å². The Morgan fingerprint density at radius 2 is 2.00 bits per heavy atom. The average Bonchev–Trinajstić information content (AvgIpc) is 2.35. The fourth-order valence-electron chi connectivity index (χ4n) is 1.57. The third-order valence-electron chi connectivity index (χ3n) is 2.40. The summed E-state index contributed by atoms with van der Waals surface area (Å²) in [4.78, 5) is 8.46. The van der Waals surface area contributed by atoms with Crippen molar-refractivity contribution in [3.8, 4) is 0 Å². The van der Waals surface area contributed by atoms with Crippen LogP contribution in [-0.4, -0.2) is 22.4 Å². The number of alkyl halides is 1. The number of unbranched alkanes of at least 4 members (excludes halogenated alkanes) is 1. The maximum atomic E-state index is 5.62.